The van der Waals surface area contributed by atoms with E-state index in [0.717, 1.165) is 18.3 Å². The zero-order valence-corrected chi connectivity index (χ0v) is 9.36. The minimum absolute atomic E-state index is 0.415. The Morgan fingerprint density at radius 3 is 3.00 bits per heavy atom. The highest BCUT2D eigenvalue weighted by Gasteiger charge is 2.33. The van der Waals surface area contributed by atoms with E-state index in [4.69, 9.17) is 4.74 Å². The Bertz CT molecular complexity index is 323. The lowest BCUT2D eigenvalue weighted by molar-refractivity contribution is 0.377. The van der Waals surface area contributed by atoms with Crippen LogP contribution in [0.5, 0.6) is 5.88 Å². The number of nitrogens with zero attached hydrogens (tertiary/aromatic N) is 1. The molecule has 1 unspecified atom stereocenters. The lowest BCUT2D eigenvalue weighted by atomic mass is 10.0. The van der Waals surface area contributed by atoms with Gasteiger partial charge < -0.3 is 10.1 Å². The van der Waals surface area contributed by atoms with Crippen LogP contribution < -0.4 is 10.1 Å². The molecule has 2 rings (SSSR count). The Kier molecular flexibility index (Phi) is 3.21. The predicted octanol–water partition coefficient (Wildman–Crippen LogP) is 2.15. The van der Waals surface area contributed by atoms with Gasteiger partial charge in [0.05, 0.1) is 7.11 Å². The number of aromatic nitrogens is 1. The van der Waals surface area contributed by atoms with E-state index in [1.807, 2.05) is 6.07 Å². The summed E-state index contributed by atoms with van der Waals surface area (Å²) in [6.45, 7) is 3.12. The van der Waals surface area contributed by atoms with Crippen LogP contribution in [-0.2, 0) is 0 Å². The molecule has 0 aliphatic heterocycles. The van der Waals surface area contributed by atoms with Crippen LogP contribution in [0.4, 0.5) is 0 Å². The molecule has 0 saturated heterocycles. The van der Waals surface area contributed by atoms with E-state index >= 15 is 0 Å². The molecule has 0 bridgehead atoms. The largest absolute Gasteiger partial charge is 0.481 e. The summed E-state index contributed by atoms with van der Waals surface area (Å²) in [5, 5.41) is 3.52. The van der Waals surface area contributed by atoms with Crippen LogP contribution in [-0.4, -0.2) is 18.6 Å². The highest BCUT2D eigenvalue weighted by Crippen LogP contribution is 2.42. The van der Waals surface area contributed by atoms with Crippen molar-refractivity contribution in [3.8, 4) is 5.88 Å². The molecule has 1 aliphatic rings. The van der Waals surface area contributed by atoms with Crippen molar-refractivity contribution in [1.29, 1.82) is 0 Å². The summed E-state index contributed by atoms with van der Waals surface area (Å²) in [5.74, 6) is 1.53. The van der Waals surface area contributed by atoms with Crippen LogP contribution in [0, 0.1) is 5.92 Å². The fraction of sp³-hybridized carbons (Fsp3) is 0.583. The fourth-order valence-corrected chi connectivity index (χ4v) is 1.99. The third kappa shape index (κ3) is 2.29. The van der Waals surface area contributed by atoms with E-state index in [-0.39, 0.29) is 0 Å². The Labute approximate surface area is 90.9 Å². The van der Waals surface area contributed by atoms with Gasteiger partial charge in [0.1, 0.15) is 0 Å². The Morgan fingerprint density at radius 2 is 2.40 bits per heavy atom. The van der Waals surface area contributed by atoms with Crippen LogP contribution >= 0.6 is 0 Å². The van der Waals surface area contributed by atoms with Crippen molar-refractivity contribution >= 4 is 0 Å². The molecular weight excluding hydrogens is 188 g/mol. The summed E-state index contributed by atoms with van der Waals surface area (Å²) in [6.07, 6.45) is 4.41. The van der Waals surface area contributed by atoms with E-state index in [0.29, 0.717) is 6.04 Å². The van der Waals surface area contributed by atoms with Crippen molar-refractivity contribution in [3.05, 3.63) is 23.9 Å². The highest BCUT2D eigenvalue weighted by atomic mass is 16.5. The second-order valence-electron chi connectivity index (χ2n) is 3.97. The van der Waals surface area contributed by atoms with Gasteiger partial charge in [0.2, 0.25) is 5.88 Å². The van der Waals surface area contributed by atoms with E-state index in [2.05, 4.69) is 23.3 Å². The van der Waals surface area contributed by atoms with Gasteiger partial charge in [-0.3, -0.25) is 0 Å². The first-order valence-electron chi connectivity index (χ1n) is 5.59. The quantitative estimate of drug-likeness (QED) is 0.801. The van der Waals surface area contributed by atoms with E-state index < -0.39 is 0 Å². The molecule has 0 aromatic carbocycles. The second-order valence-corrected chi connectivity index (χ2v) is 3.97. The number of methoxy groups -OCH3 is 1. The van der Waals surface area contributed by atoms with Crippen molar-refractivity contribution in [1.82, 2.24) is 10.3 Å². The average molecular weight is 206 g/mol. The first-order chi connectivity index (χ1) is 7.36. The molecular formula is C12H18N2O. The molecule has 1 aromatic heterocycles. The first-order valence-corrected chi connectivity index (χ1v) is 5.59. The first kappa shape index (κ1) is 10.4. The van der Waals surface area contributed by atoms with Gasteiger partial charge in [0.15, 0.2) is 0 Å². The lowest BCUT2D eigenvalue weighted by Crippen LogP contribution is -2.23. The van der Waals surface area contributed by atoms with Gasteiger partial charge in [-0.2, -0.15) is 0 Å². The Hall–Kier alpha value is -1.09. The molecule has 1 aliphatic carbocycles. The van der Waals surface area contributed by atoms with E-state index in [1.54, 1.807) is 13.3 Å². The summed E-state index contributed by atoms with van der Waals surface area (Å²) in [6, 6.07) is 4.50. The molecule has 0 spiro atoms. The van der Waals surface area contributed by atoms with Gasteiger partial charge in [0, 0.05) is 17.8 Å². The van der Waals surface area contributed by atoms with Crippen LogP contribution in [0.1, 0.15) is 31.4 Å². The maximum atomic E-state index is 5.30. The minimum atomic E-state index is 0.415. The molecule has 0 radical (unpaired) electrons. The summed E-state index contributed by atoms with van der Waals surface area (Å²) in [5.41, 5.74) is 1.20. The molecule has 1 atom stereocenters. The summed E-state index contributed by atoms with van der Waals surface area (Å²) in [7, 11) is 1.68. The van der Waals surface area contributed by atoms with Crippen molar-refractivity contribution in [3.63, 3.8) is 0 Å². The topological polar surface area (TPSA) is 34.2 Å². The van der Waals surface area contributed by atoms with Gasteiger partial charge in [-0.15, -0.1) is 0 Å². The van der Waals surface area contributed by atoms with Crippen molar-refractivity contribution < 1.29 is 4.74 Å². The number of pyridine rings is 1. The molecule has 15 heavy (non-hydrogen) atoms. The van der Waals surface area contributed by atoms with Crippen LogP contribution in [0.2, 0.25) is 0 Å². The van der Waals surface area contributed by atoms with Gasteiger partial charge >= 0.3 is 0 Å². The van der Waals surface area contributed by atoms with Crippen molar-refractivity contribution in [2.45, 2.75) is 25.8 Å². The number of nitrogens with one attached hydrogen (secondary N) is 1. The molecule has 1 aromatic rings. The van der Waals surface area contributed by atoms with Gasteiger partial charge in [-0.1, -0.05) is 13.0 Å². The zero-order chi connectivity index (χ0) is 10.7. The Balaban J connectivity index is 2.23. The number of rotatable bonds is 5. The number of hydrogen-bond acceptors (Lipinski definition) is 3. The highest BCUT2D eigenvalue weighted by molar-refractivity contribution is 5.30. The summed E-state index contributed by atoms with van der Waals surface area (Å²) >= 11 is 0. The number of ether oxygens (including phenoxy) is 1. The maximum Gasteiger partial charge on any atom is 0.217 e. The lowest BCUT2D eigenvalue weighted by Gasteiger charge is -2.19. The van der Waals surface area contributed by atoms with Gasteiger partial charge in [-0.05, 0) is 31.4 Å². The normalized spacial score (nSPS) is 17.5. The van der Waals surface area contributed by atoms with E-state index in [9.17, 15) is 0 Å². The van der Waals surface area contributed by atoms with Crippen LogP contribution in [0.3, 0.4) is 0 Å². The molecule has 82 valence electrons. The third-order valence-electron chi connectivity index (χ3n) is 2.85. The fourth-order valence-electron chi connectivity index (χ4n) is 1.99. The van der Waals surface area contributed by atoms with Gasteiger partial charge in [-0.25, -0.2) is 4.98 Å². The molecule has 1 N–H and O–H groups in total. The smallest absolute Gasteiger partial charge is 0.217 e. The molecule has 1 fully saturated rings. The molecule has 1 heterocycles. The third-order valence-corrected chi connectivity index (χ3v) is 2.85. The van der Waals surface area contributed by atoms with E-state index in [1.165, 1.54) is 18.4 Å². The standard InChI is InChI=1S/C12H18N2O/c1-3-13-11(9-6-7-9)10-5-4-8-14-12(10)15-2/h4-5,8-9,11,13H,3,6-7H2,1-2H3. The SMILES string of the molecule is CCNC(c1cccnc1OC)C1CC1. The average Bonchev–Trinajstić information content (AvgIpc) is 3.10. The summed E-state index contributed by atoms with van der Waals surface area (Å²) in [4.78, 5) is 4.25. The maximum absolute atomic E-state index is 5.30. The van der Waals surface area contributed by atoms with Crippen LogP contribution in [0.25, 0.3) is 0 Å². The second kappa shape index (κ2) is 4.62. The molecule has 0 amide bonds. The summed E-state index contributed by atoms with van der Waals surface area (Å²) < 4.78 is 5.30. The predicted molar refractivity (Wildman–Crippen MR) is 59.9 cm³/mol. The van der Waals surface area contributed by atoms with Gasteiger partial charge in [0.25, 0.3) is 0 Å². The van der Waals surface area contributed by atoms with Crippen LogP contribution in [0.15, 0.2) is 18.3 Å². The van der Waals surface area contributed by atoms with Crippen molar-refractivity contribution in [2.24, 2.45) is 5.92 Å². The zero-order valence-electron chi connectivity index (χ0n) is 9.36. The number of hydrogen-bond donors (Lipinski definition) is 1. The molecule has 1 saturated carbocycles. The Morgan fingerprint density at radius 1 is 1.60 bits per heavy atom. The molecule has 3 heteroatoms. The minimum Gasteiger partial charge on any atom is -0.481 e. The molecule has 3 nitrogen and oxygen atoms in total. The van der Waals surface area contributed by atoms with Crippen molar-refractivity contribution in [2.75, 3.05) is 13.7 Å². The monoisotopic (exact) mass is 206 g/mol.